The number of para-hydroxylation sites is 2. The summed E-state index contributed by atoms with van der Waals surface area (Å²) in [4.78, 5) is 14.5. The van der Waals surface area contributed by atoms with Crippen LogP contribution < -0.4 is 15.0 Å². The highest BCUT2D eigenvalue weighted by atomic mass is 35.5. The van der Waals surface area contributed by atoms with E-state index in [9.17, 15) is 4.79 Å². The molecule has 0 unspecified atom stereocenters. The van der Waals surface area contributed by atoms with E-state index in [1.54, 1.807) is 0 Å². The van der Waals surface area contributed by atoms with E-state index < -0.39 is 0 Å². The lowest BCUT2D eigenvalue weighted by Gasteiger charge is -2.31. The zero-order valence-corrected chi connectivity index (χ0v) is 15.6. The molecular weight excluding hydrogens is 352 g/mol. The number of anilines is 2. The molecule has 2 aromatic rings. The van der Waals surface area contributed by atoms with Crippen molar-refractivity contribution in [1.82, 2.24) is 0 Å². The fourth-order valence-electron chi connectivity index (χ4n) is 2.99. The Balaban J connectivity index is 1.68. The predicted octanol–water partition coefficient (Wildman–Crippen LogP) is 3.76. The number of hydrogen-bond donors (Lipinski definition) is 1. The van der Waals surface area contributed by atoms with Crippen LogP contribution in [-0.2, 0) is 16.0 Å². The van der Waals surface area contributed by atoms with E-state index in [0.717, 1.165) is 36.5 Å². The van der Waals surface area contributed by atoms with Crippen LogP contribution in [-0.4, -0.2) is 38.8 Å². The molecule has 2 aromatic carbocycles. The molecule has 1 N–H and O–H groups in total. The van der Waals surface area contributed by atoms with Gasteiger partial charge in [0.15, 0.2) is 6.61 Å². The van der Waals surface area contributed by atoms with Crippen LogP contribution in [0.3, 0.4) is 0 Å². The van der Waals surface area contributed by atoms with Crippen LogP contribution in [0.1, 0.15) is 12.5 Å². The van der Waals surface area contributed by atoms with Gasteiger partial charge in [-0.1, -0.05) is 42.8 Å². The van der Waals surface area contributed by atoms with Gasteiger partial charge in [0, 0.05) is 13.1 Å². The first-order valence-corrected chi connectivity index (χ1v) is 9.18. The van der Waals surface area contributed by atoms with Gasteiger partial charge in [-0.3, -0.25) is 4.79 Å². The average molecular weight is 375 g/mol. The van der Waals surface area contributed by atoms with E-state index in [1.165, 1.54) is 0 Å². The Kier molecular flexibility index (Phi) is 6.36. The van der Waals surface area contributed by atoms with Gasteiger partial charge in [0.05, 0.1) is 29.6 Å². The molecule has 0 radical (unpaired) electrons. The summed E-state index contributed by atoms with van der Waals surface area (Å²) >= 11 is 6.39. The van der Waals surface area contributed by atoms with Crippen molar-refractivity contribution in [2.24, 2.45) is 0 Å². The van der Waals surface area contributed by atoms with Crippen LogP contribution in [0.4, 0.5) is 11.4 Å². The first-order valence-electron chi connectivity index (χ1n) is 8.80. The molecule has 0 aliphatic carbocycles. The maximum atomic E-state index is 12.4. The molecule has 0 spiro atoms. The number of amides is 1. The summed E-state index contributed by atoms with van der Waals surface area (Å²) in [5.41, 5.74) is 2.61. The average Bonchev–Trinajstić information content (AvgIpc) is 2.67. The SMILES string of the molecule is CCc1ccccc1OCC(=O)Nc1cccc(Cl)c1N1CCOCC1. The molecule has 0 bridgehead atoms. The van der Waals surface area contributed by atoms with Crippen molar-refractivity contribution in [3.05, 3.63) is 53.1 Å². The molecule has 1 amide bonds. The largest absolute Gasteiger partial charge is 0.483 e. The van der Waals surface area contributed by atoms with Gasteiger partial charge in [0.2, 0.25) is 0 Å². The van der Waals surface area contributed by atoms with Crippen molar-refractivity contribution in [2.45, 2.75) is 13.3 Å². The van der Waals surface area contributed by atoms with E-state index in [1.807, 2.05) is 42.5 Å². The van der Waals surface area contributed by atoms with Crippen LogP contribution in [0.2, 0.25) is 5.02 Å². The number of rotatable bonds is 6. The summed E-state index contributed by atoms with van der Waals surface area (Å²) in [6.07, 6.45) is 0.854. The Labute approximate surface area is 158 Å². The maximum absolute atomic E-state index is 12.4. The second-order valence-electron chi connectivity index (χ2n) is 6.03. The third kappa shape index (κ3) is 4.48. The Morgan fingerprint density at radius 1 is 1.19 bits per heavy atom. The quantitative estimate of drug-likeness (QED) is 0.836. The predicted molar refractivity (Wildman–Crippen MR) is 104 cm³/mol. The Bertz CT molecular complexity index is 760. The van der Waals surface area contributed by atoms with E-state index in [0.29, 0.717) is 23.9 Å². The maximum Gasteiger partial charge on any atom is 0.262 e. The van der Waals surface area contributed by atoms with E-state index in [-0.39, 0.29) is 12.5 Å². The summed E-state index contributed by atoms with van der Waals surface area (Å²) in [6, 6.07) is 13.3. The molecule has 5 nitrogen and oxygen atoms in total. The van der Waals surface area contributed by atoms with Crippen LogP contribution >= 0.6 is 11.6 Å². The monoisotopic (exact) mass is 374 g/mol. The number of nitrogens with zero attached hydrogens (tertiary/aromatic N) is 1. The van der Waals surface area contributed by atoms with Gasteiger partial charge in [0.25, 0.3) is 5.91 Å². The molecule has 6 heteroatoms. The lowest BCUT2D eigenvalue weighted by atomic mass is 10.1. The van der Waals surface area contributed by atoms with Crippen LogP contribution in [0.25, 0.3) is 0 Å². The Morgan fingerprint density at radius 2 is 1.96 bits per heavy atom. The molecule has 0 atom stereocenters. The number of carbonyl (C=O) groups is 1. The number of carbonyl (C=O) groups excluding carboxylic acids is 1. The fraction of sp³-hybridized carbons (Fsp3) is 0.350. The van der Waals surface area contributed by atoms with Gasteiger partial charge < -0.3 is 19.7 Å². The Hall–Kier alpha value is -2.24. The second kappa shape index (κ2) is 8.92. The van der Waals surface area contributed by atoms with Crippen LogP contribution in [0.5, 0.6) is 5.75 Å². The number of hydrogen-bond acceptors (Lipinski definition) is 4. The normalized spacial score (nSPS) is 14.2. The molecule has 1 aliphatic rings. The van der Waals surface area contributed by atoms with Crippen molar-refractivity contribution in [1.29, 1.82) is 0 Å². The Morgan fingerprint density at radius 3 is 2.73 bits per heavy atom. The van der Waals surface area contributed by atoms with E-state index >= 15 is 0 Å². The molecule has 1 saturated heterocycles. The van der Waals surface area contributed by atoms with Crippen molar-refractivity contribution in [3.63, 3.8) is 0 Å². The van der Waals surface area contributed by atoms with Crippen molar-refractivity contribution >= 4 is 28.9 Å². The molecule has 0 saturated carbocycles. The van der Waals surface area contributed by atoms with Crippen molar-refractivity contribution < 1.29 is 14.3 Å². The standard InChI is InChI=1S/C20H23ClN2O3/c1-2-15-6-3-4-9-18(15)26-14-19(24)22-17-8-5-7-16(21)20(17)23-10-12-25-13-11-23/h3-9H,2,10-14H2,1H3,(H,22,24). The number of nitrogens with one attached hydrogen (secondary N) is 1. The lowest BCUT2D eigenvalue weighted by molar-refractivity contribution is -0.118. The zero-order valence-electron chi connectivity index (χ0n) is 14.8. The molecule has 138 valence electrons. The number of ether oxygens (including phenoxy) is 2. The first kappa shape index (κ1) is 18.5. The van der Waals surface area contributed by atoms with Crippen molar-refractivity contribution in [3.8, 4) is 5.75 Å². The number of morpholine rings is 1. The van der Waals surface area contributed by atoms with Gasteiger partial charge in [-0.25, -0.2) is 0 Å². The van der Waals surface area contributed by atoms with Gasteiger partial charge in [-0.2, -0.15) is 0 Å². The van der Waals surface area contributed by atoms with Crippen LogP contribution in [0.15, 0.2) is 42.5 Å². The molecule has 0 aromatic heterocycles. The number of benzene rings is 2. The fourth-order valence-corrected chi connectivity index (χ4v) is 3.28. The molecular formula is C20H23ClN2O3. The van der Waals surface area contributed by atoms with Gasteiger partial charge in [0.1, 0.15) is 5.75 Å². The van der Waals surface area contributed by atoms with E-state index in [4.69, 9.17) is 21.1 Å². The minimum atomic E-state index is -0.215. The lowest BCUT2D eigenvalue weighted by Crippen LogP contribution is -2.37. The number of halogens is 1. The summed E-state index contributed by atoms with van der Waals surface area (Å²) < 4.78 is 11.1. The topological polar surface area (TPSA) is 50.8 Å². The summed E-state index contributed by atoms with van der Waals surface area (Å²) in [5, 5.41) is 3.54. The number of aryl methyl sites for hydroxylation is 1. The van der Waals surface area contributed by atoms with Crippen molar-refractivity contribution in [2.75, 3.05) is 43.1 Å². The van der Waals surface area contributed by atoms with Gasteiger partial charge >= 0.3 is 0 Å². The minimum Gasteiger partial charge on any atom is -0.483 e. The smallest absolute Gasteiger partial charge is 0.262 e. The summed E-state index contributed by atoms with van der Waals surface area (Å²) in [7, 11) is 0. The zero-order chi connectivity index (χ0) is 18.4. The van der Waals surface area contributed by atoms with Crippen LogP contribution in [0, 0.1) is 0 Å². The molecule has 1 aliphatic heterocycles. The second-order valence-corrected chi connectivity index (χ2v) is 6.44. The third-order valence-electron chi connectivity index (χ3n) is 4.30. The van der Waals surface area contributed by atoms with Gasteiger partial charge in [-0.15, -0.1) is 0 Å². The molecule has 26 heavy (non-hydrogen) atoms. The molecule has 3 rings (SSSR count). The summed E-state index contributed by atoms with van der Waals surface area (Å²) in [6.45, 7) is 4.79. The minimum absolute atomic E-state index is 0.0495. The first-order chi connectivity index (χ1) is 12.7. The highest BCUT2D eigenvalue weighted by Gasteiger charge is 2.19. The highest BCUT2D eigenvalue weighted by Crippen LogP contribution is 2.34. The molecule has 1 fully saturated rings. The van der Waals surface area contributed by atoms with E-state index in [2.05, 4.69) is 17.1 Å². The molecule has 1 heterocycles. The highest BCUT2D eigenvalue weighted by molar-refractivity contribution is 6.34. The third-order valence-corrected chi connectivity index (χ3v) is 4.61. The summed E-state index contributed by atoms with van der Waals surface area (Å²) in [5.74, 6) is 0.525. The van der Waals surface area contributed by atoms with Gasteiger partial charge in [-0.05, 0) is 30.2 Å².